The van der Waals surface area contributed by atoms with E-state index in [9.17, 15) is 0 Å². The summed E-state index contributed by atoms with van der Waals surface area (Å²) >= 11 is 3.49. The fraction of sp³-hybridized carbons (Fsp3) is 0.500. The topological polar surface area (TPSA) is 58.3 Å². The second kappa shape index (κ2) is 6.11. The summed E-state index contributed by atoms with van der Waals surface area (Å²) in [6, 6.07) is 4.23. The van der Waals surface area contributed by atoms with Gasteiger partial charge in [-0.05, 0) is 53.4 Å². The van der Waals surface area contributed by atoms with Crippen LogP contribution in [0.25, 0.3) is 0 Å². The minimum absolute atomic E-state index is 0.205. The number of hydrogen-bond donors (Lipinski definition) is 3. The first-order valence-corrected chi connectivity index (χ1v) is 6.30. The first-order chi connectivity index (χ1) is 7.58. The highest BCUT2D eigenvalue weighted by Gasteiger charge is 2.09. The van der Waals surface area contributed by atoms with Gasteiger partial charge >= 0.3 is 0 Å². The largest absolute Gasteiger partial charge is 0.398 e. The molecule has 0 radical (unpaired) electrons. The molecule has 4 N–H and O–H groups in total. The van der Waals surface area contributed by atoms with Gasteiger partial charge in [-0.1, -0.05) is 6.92 Å². The molecule has 0 bridgehead atoms. The molecule has 0 aliphatic carbocycles. The van der Waals surface area contributed by atoms with Crippen LogP contribution in [0.3, 0.4) is 0 Å². The molecule has 1 aromatic carbocycles. The number of rotatable bonds is 5. The molecular weight excluding hydrogens is 268 g/mol. The molecule has 90 valence electrons. The van der Waals surface area contributed by atoms with Gasteiger partial charge in [-0.15, -0.1) is 0 Å². The zero-order valence-electron chi connectivity index (χ0n) is 9.76. The zero-order valence-corrected chi connectivity index (χ0v) is 11.3. The molecule has 0 fully saturated rings. The van der Waals surface area contributed by atoms with Crippen molar-refractivity contribution in [1.29, 1.82) is 0 Å². The van der Waals surface area contributed by atoms with Crippen LogP contribution in [0.2, 0.25) is 0 Å². The highest BCUT2D eigenvalue weighted by atomic mass is 79.9. The first-order valence-electron chi connectivity index (χ1n) is 5.51. The monoisotopic (exact) mass is 286 g/mol. The predicted molar refractivity (Wildman–Crippen MR) is 72.7 cm³/mol. The molecule has 1 atom stereocenters. The molecule has 1 aromatic rings. The number of anilines is 2. The summed E-state index contributed by atoms with van der Waals surface area (Å²) in [5, 5.41) is 12.3. The summed E-state index contributed by atoms with van der Waals surface area (Å²) in [4.78, 5) is 0. The summed E-state index contributed by atoms with van der Waals surface area (Å²) in [6.07, 6.45) is 1.74. The van der Waals surface area contributed by atoms with E-state index in [1.807, 2.05) is 19.1 Å². The normalized spacial score (nSPS) is 12.5. The lowest BCUT2D eigenvalue weighted by molar-refractivity contribution is 0.278. The molecule has 0 aliphatic heterocycles. The Kier molecular flexibility index (Phi) is 5.09. The van der Waals surface area contributed by atoms with Crippen molar-refractivity contribution in [2.75, 3.05) is 17.7 Å². The van der Waals surface area contributed by atoms with Crippen LogP contribution in [0.5, 0.6) is 0 Å². The van der Waals surface area contributed by atoms with E-state index in [0.29, 0.717) is 6.04 Å². The summed E-state index contributed by atoms with van der Waals surface area (Å²) in [7, 11) is 0. The Morgan fingerprint density at radius 1 is 1.50 bits per heavy atom. The Balaban J connectivity index is 2.83. The van der Waals surface area contributed by atoms with Crippen LogP contribution in [0.4, 0.5) is 11.4 Å². The van der Waals surface area contributed by atoms with Crippen molar-refractivity contribution in [3.63, 3.8) is 0 Å². The molecule has 0 spiro atoms. The number of benzene rings is 1. The van der Waals surface area contributed by atoms with E-state index >= 15 is 0 Å². The molecule has 0 saturated heterocycles. The maximum Gasteiger partial charge on any atom is 0.0490 e. The highest BCUT2D eigenvalue weighted by Crippen LogP contribution is 2.28. The SMILES string of the molecule is CCC(CCO)Nc1cc(C)c(N)cc1Br. The maximum absolute atomic E-state index is 8.94. The van der Waals surface area contributed by atoms with E-state index in [1.165, 1.54) is 0 Å². The molecule has 0 saturated carbocycles. The molecule has 16 heavy (non-hydrogen) atoms. The van der Waals surface area contributed by atoms with E-state index in [-0.39, 0.29) is 6.61 Å². The average molecular weight is 287 g/mol. The van der Waals surface area contributed by atoms with E-state index in [0.717, 1.165) is 34.3 Å². The van der Waals surface area contributed by atoms with Crippen molar-refractivity contribution in [2.24, 2.45) is 0 Å². The summed E-state index contributed by atoms with van der Waals surface area (Å²) in [6.45, 7) is 4.29. The third kappa shape index (κ3) is 3.39. The lowest BCUT2D eigenvalue weighted by atomic mass is 10.1. The number of aliphatic hydroxyl groups is 1. The Morgan fingerprint density at radius 2 is 2.19 bits per heavy atom. The predicted octanol–water partition coefficient (Wildman–Crippen LogP) is 2.91. The van der Waals surface area contributed by atoms with Gasteiger partial charge in [-0.3, -0.25) is 0 Å². The second-order valence-corrected chi connectivity index (χ2v) is 4.80. The van der Waals surface area contributed by atoms with Crippen LogP contribution in [0.15, 0.2) is 16.6 Å². The quantitative estimate of drug-likeness (QED) is 0.730. The van der Waals surface area contributed by atoms with E-state index in [2.05, 4.69) is 28.2 Å². The highest BCUT2D eigenvalue weighted by molar-refractivity contribution is 9.10. The lowest BCUT2D eigenvalue weighted by Crippen LogP contribution is -2.20. The molecule has 0 aromatic heterocycles. The molecule has 1 rings (SSSR count). The minimum atomic E-state index is 0.205. The van der Waals surface area contributed by atoms with E-state index in [1.54, 1.807) is 0 Å². The Labute approximate surface area is 105 Å². The zero-order chi connectivity index (χ0) is 12.1. The van der Waals surface area contributed by atoms with Crippen molar-refractivity contribution in [1.82, 2.24) is 0 Å². The molecule has 3 nitrogen and oxygen atoms in total. The van der Waals surface area contributed by atoms with Crippen molar-refractivity contribution < 1.29 is 5.11 Å². The molecule has 0 aliphatic rings. The maximum atomic E-state index is 8.94. The lowest BCUT2D eigenvalue weighted by Gasteiger charge is -2.19. The Bertz CT molecular complexity index is 355. The van der Waals surface area contributed by atoms with Gasteiger partial charge in [-0.2, -0.15) is 0 Å². The number of nitrogens with two attached hydrogens (primary N) is 1. The molecule has 4 heteroatoms. The second-order valence-electron chi connectivity index (χ2n) is 3.95. The van der Waals surface area contributed by atoms with Gasteiger partial charge < -0.3 is 16.2 Å². The average Bonchev–Trinajstić information content (AvgIpc) is 2.25. The Hall–Kier alpha value is -0.740. The number of aryl methyl sites for hydroxylation is 1. The number of nitrogen functional groups attached to an aromatic ring is 1. The van der Waals surface area contributed by atoms with Crippen LogP contribution in [0, 0.1) is 6.92 Å². The minimum Gasteiger partial charge on any atom is -0.398 e. The van der Waals surface area contributed by atoms with E-state index in [4.69, 9.17) is 10.8 Å². The molecule has 0 heterocycles. The summed E-state index contributed by atoms with van der Waals surface area (Å²) < 4.78 is 0.965. The van der Waals surface area contributed by atoms with E-state index < -0.39 is 0 Å². The number of aliphatic hydroxyl groups excluding tert-OH is 1. The van der Waals surface area contributed by atoms with Gasteiger partial charge in [0.25, 0.3) is 0 Å². The Morgan fingerprint density at radius 3 is 2.75 bits per heavy atom. The van der Waals surface area contributed by atoms with Gasteiger partial charge in [0.2, 0.25) is 0 Å². The number of halogens is 1. The van der Waals surface area contributed by atoms with Gasteiger partial charge in [0, 0.05) is 28.5 Å². The van der Waals surface area contributed by atoms with Crippen molar-refractivity contribution >= 4 is 27.3 Å². The smallest absolute Gasteiger partial charge is 0.0490 e. The molecule has 0 amide bonds. The van der Waals surface area contributed by atoms with Crippen molar-refractivity contribution in [3.8, 4) is 0 Å². The molecular formula is C12H19BrN2O. The first kappa shape index (κ1) is 13.3. The standard InChI is InChI=1S/C12H19BrN2O/c1-3-9(4-5-16)15-12-6-8(2)11(14)7-10(12)13/h6-7,9,15-16H,3-5,14H2,1-2H3. The van der Waals surface area contributed by atoms with Crippen LogP contribution in [-0.4, -0.2) is 17.8 Å². The van der Waals surface area contributed by atoms with Gasteiger partial charge in [-0.25, -0.2) is 0 Å². The van der Waals surface area contributed by atoms with Gasteiger partial charge in [0.1, 0.15) is 0 Å². The van der Waals surface area contributed by atoms with Crippen LogP contribution in [-0.2, 0) is 0 Å². The van der Waals surface area contributed by atoms with Crippen LogP contribution in [0.1, 0.15) is 25.3 Å². The summed E-state index contributed by atoms with van der Waals surface area (Å²) in [5.74, 6) is 0. The van der Waals surface area contributed by atoms with Crippen molar-refractivity contribution in [3.05, 3.63) is 22.2 Å². The third-order valence-corrected chi connectivity index (χ3v) is 3.34. The van der Waals surface area contributed by atoms with Crippen LogP contribution < -0.4 is 11.1 Å². The fourth-order valence-corrected chi connectivity index (χ4v) is 2.04. The fourth-order valence-electron chi connectivity index (χ4n) is 1.56. The number of hydrogen-bond acceptors (Lipinski definition) is 3. The van der Waals surface area contributed by atoms with Gasteiger partial charge in [0.15, 0.2) is 0 Å². The third-order valence-electron chi connectivity index (χ3n) is 2.69. The van der Waals surface area contributed by atoms with Crippen molar-refractivity contribution in [2.45, 2.75) is 32.7 Å². The molecule has 1 unspecified atom stereocenters. The van der Waals surface area contributed by atoms with Gasteiger partial charge in [0.05, 0.1) is 0 Å². The van der Waals surface area contributed by atoms with Crippen LogP contribution >= 0.6 is 15.9 Å². The number of nitrogens with one attached hydrogen (secondary N) is 1. The summed E-state index contributed by atoms with van der Waals surface area (Å²) in [5.41, 5.74) is 8.69.